The number of nitrogens with zero attached hydrogens (tertiary/aromatic N) is 2. The molecule has 26 heavy (non-hydrogen) atoms. The van der Waals surface area contributed by atoms with Crippen molar-refractivity contribution in [3.05, 3.63) is 77.6 Å². The summed E-state index contributed by atoms with van der Waals surface area (Å²) in [4.78, 5) is 0.196. The van der Waals surface area contributed by atoms with E-state index in [4.69, 9.17) is 4.74 Å². The Balaban J connectivity index is 1.72. The molecule has 136 valence electrons. The van der Waals surface area contributed by atoms with Crippen LogP contribution in [0.2, 0.25) is 0 Å². The Bertz CT molecular complexity index is 965. The smallest absolute Gasteiger partial charge is 0.244 e. The van der Waals surface area contributed by atoms with Crippen LogP contribution in [-0.2, 0) is 23.1 Å². The van der Waals surface area contributed by atoms with Gasteiger partial charge in [0.1, 0.15) is 10.6 Å². The second kappa shape index (κ2) is 7.72. The number of ether oxygens (including phenoxy) is 1. The predicted molar refractivity (Wildman–Crippen MR) is 99.5 cm³/mol. The Labute approximate surface area is 153 Å². The summed E-state index contributed by atoms with van der Waals surface area (Å²) in [7, 11) is -2.05. The summed E-state index contributed by atoms with van der Waals surface area (Å²) in [6.07, 6.45) is 1.57. The molecule has 3 rings (SSSR count). The summed E-state index contributed by atoms with van der Waals surface area (Å²) in [6, 6.07) is 17.0. The Morgan fingerprint density at radius 2 is 1.73 bits per heavy atom. The third-order valence-electron chi connectivity index (χ3n) is 4.00. The van der Waals surface area contributed by atoms with Gasteiger partial charge in [0.15, 0.2) is 0 Å². The van der Waals surface area contributed by atoms with E-state index in [9.17, 15) is 8.42 Å². The number of rotatable bonds is 7. The highest BCUT2D eigenvalue weighted by atomic mass is 32.2. The number of hydrogen-bond acceptors (Lipinski definition) is 4. The molecule has 0 aliphatic carbocycles. The van der Waals surface area contributed by atoms with Crippen LogP contribution in [-0.4, -0.2) is 25.3 Å². The van der Waals surface area contributed by atoms with Crippen molar-refractivity contribution in [2.75, 3.05) is 7.11 Å². The van der Waals surface area contributed by atoms with Crippen LogP contribution in [0, 0.1) is 6.92 Å². The van der Waals surface area contributed by atoms with E-state index in [1.807, 2.05) is 42.5 Å². The molecule has 2 aromatic carbocycles. The maximum atomic E-state index is 12.6. The topological polar surface area (TPSA) is 73.2 Å². The van der Waals surface area contributed by atoms with Crippen LogP contribution in [0.25, 0.3) is 0 Å². The van der Waals surface area contributed by atoms with E-state index in [1.165, 1.54) is 0 Å². The van der Waals surface area contributed by atoms with Crippen molar-refractivity contribution in [2.24, 2.45) is 0 Å². The molecular formula is C19H21N3O3S. The van der Waals surface area contributed by atoms with Crippen molar-refractivity contribution in [1.82, 2.24) is 14.5 Å². The van der Waals surface area contributed by atoms with Crippen LogP contribution < -0.4 is 9.46 Å². The molecule has 3 aromatic rings. The van der Waals surface area contributed by atoms with Crippen molar-refractivity contribution >= 4 is 10.0 Å². The second-order valence-electron chi connectivity index (χ2n) is 5.93. The molecule has 0 aliphatic heterocycles. The molecule has 0 radical (unpaired) electrons. The first-order valence-corrected chi connectivity index (χ1v) is 9.67. The third kappa shape index (κ3) is 4.30. The van der Waals surface area contributed by atoms with Gasteiger partial charge in [-0.3, -0.25) is 4.68 Å². The van der Waals surface area contributed by atoms with Crippen LogP contribution >= 0.6 is 0 Å². The Kier molecular flexibility index (Phi) is 5.39. The van der Waals surface area contributed by atoms with Crippen molar-refractivity contribution in [1.29, 1.82) is 0 Å². The molecule has 1 heterocycles. The second-order valence-corrected chi connectivity index (χ2v) is 7.67. The summed E-state index contributed by atoms with van der Waals surface area (Å²) in [5.74, 6) is 0.731. The van der Waals surface area contributed by atoms with Crippen LogP contribution in [0.4, 0.5) is 0 Å². The molecule has 0 fully saturated rings. The number of hydrogen-bond donors (Lipinski definition) is 1. The van der Waals surface area contributed by atoms with Crippen molar-refractivity contribution in [3.8, 4) is 5.75 Å². The average Bonchev–Trinajstić information content (AvgIpc) is 3.02. The lowest BCUT2D eigenvalue weighted by atomic mass is 10.2. The van der Waals surface area contributed by atoms with Gasteiger partial charge in [-0.05, 0) is 30.2 Å². The highest BCUT2D eigenvalue weighted by Gasteiger charge is 2.20. The van der Waals surface area contributed by atoms with E-state index in [2.05, 4.69) is 9.82 Å². The zero-order valence-electron chi connectivity index (χ0n) is 14.7. The normalized spacial score (nSPS) is 11.5. The van der Waals surface area contributed by atoms with Crippen LogP contribution in [0.3, 0.4) is 0 Å². The van der Waals surface area contributed by atoms with E-state index in [1.54, 1.807) is 37.0 Å². The average molecular weight is 371 g/mol. The number of methoxy groups -OCH3 is 1. The minimum atomic E-state index is -3.64. The van der Waals surface area contributed by atoms with E-state index in [-0.39, 0.29) is 11.4 Å². The molecule has 6 nitrogen and oxygen atoms in total. The Morgan fingerprint density at radius 1 is 1.04 bits per heavy atom. The molecule has 0 saturated heterocycles. The van der Waals surface area contributed by atoms with Crippen LogP contribution in [0.1, 0.15) is 16.8 Å². The number of nitrogens with one attached hydrogen (secondary N) is 1. The standard InChI is InChI=1S/C19H21N3O3S/c1-15-19(14-22(21-15)13-17-6-4-3-5-7-17)26(23,24)20-12-16-8-10-18(25-2)11-9-16/h3-11,14,20H,12-13H2,1-2H3. The summed E-state index contributed by atoms with van der Waals surface area (Å²) >= 11 is 0. The van der Waals surface area contributed by atoms with Gasteiger partial charge in [-0.2, -0.15) is 5.10 Å². The molecule has 0 spiro atoms. The van der Waals surface area contributed by atoms with Gasteiger partial charge in [0.2, 0.25) is 10.0 Å². The lowest BCUT2D eigenvalue weighted by molar-refractivity contribution is 0.414. The van der Waals surface area contributed by atoms with Gasteiger partial charge in [0.05, 0.1) is 19.3 Å². The zero-order valence-corrected chi connectivity index (χ0v) is 15.5. The number of aryl methyl sites for hydroxylation is 1. The molecule has 0 atom stereocenters. The molecular weight excluding hydrogens is 350 g/mol. The summed E-state index contributed by atoms with van der Waals surface area (Å²) < 4.78 is 34.6. The van der Waals surface area contributed by atoms with Crippen LogP contribution in [0.15, 0.2) is 65.7 Å². The lowest BCUT2D eigenvalue weighted by Crippen LogP contribution is -2.23. The molecule has 0 unspecified atom stereocenters. The van der Waals surface area contributed by atoms with Crippen molar-refractivity contribution in [2.45, 2.75) is 24.9 Å². The van der Waals surface area contributed by atoms with Gasteiger partial charge in [-0.15, -0.1) is 0 Å². The number of sulfonamides is 1. The fourth-order valence-corrected chi connectivity index (χ4v) is 3.82. The SMILES string of the molecule is COc1ccc(CNS(=O)(=O)c2cn(Cc3ccccc3)nc2C)cc1. The third-order valence-corrected chi connectivity index (χ3v) is 5.51. The minimum absolute atomic E-state index is 0.196. The van der Waals surface area contributed by atoms with E-state index in [0.29, 0.717) is 12.2 Å². The molecule has 1 N–H and O–H groups in total. The van der Waals surface area contributed by atoms with Gasteiger partial charge >= 0.3 is 0 Å². The quantitative estimate of drug-likeness (QED) is 0.693. The fourth-order valence-electron chi connectivity index (χ4n) is 2.61. The van der Waals surface area contributed by atoms with Crippen molar-refractivity contribution in [3.63, 3.8) is 0 Å². The minimum Gasteiger partial charge on any atom is -0.497 e. The maximum Gasteiger partial charge on any atom is 0.244 e. The Hall–Kier alpha value is -2.64. The van der Waals surface area contributed by atoms with Gasteiger partial charge in [0.25, 0.3) is 0 Å². The summed E-state index contributed by atoms with van der Waals surface area (Å²) in [5, 5.41) is 4.33. The Morgan fingerprint density at radius 3 is 2.38 bits per heavy atom. The molecule has 0 amide bonds. The first-order chi connectivity index (χ1) is 12.5. The van der Waals surface area contributed by atoms with E-state index in [0.717, 1.165) is 16.9 Å². The first kappa shape index (κ1) is 18.2. The first-order valence-electron chi connectivity index (χ1n) is 8.18. The monoisotopic (exact) mass is 371 g/mol. The summed E-state index contributed by atoms with van der Waals surface area (Å²) in [5.41, 5.74) is 2.39. The fraction of sp³-hybridized carbons (Fsp3) is 0.211. The van der Waals surface area contributed by atoms with Gasteiger partial charge < -0.3 is 4.74 Å². The molecule has 0 saturated carbocycles. The van der Waals surface area contributed by atoms with E-state index < -0.39 is 10.0 Å². The molecule has 0 aliphatic rings. The highest BCUT2D eigenvalue weighted by Crippen LogP contribution is 2.16. The van der Waals surface area contributed by atoms with Gasteiger partial charge in [-0.25, -0.2) is 13.1 Å². The van der Waals surface area contributed by atoms with Gasteiger partial charge in [-0.1, -0.05) is 42.5 Å². The number of aromatic nitrogens is 2. The van der Waals surface area contributed by atoms with E-state index >= 15 is 0 Å². The van der Waals surface area contributed by atoms with Crippen molar-refractivity contribution < 1.29 is 13.2 Å². The zero-order chi connectivity index (χ0) is 18.6. The molecule has 1 aromatic heterocycles. The van der Waals surface area contributed by atoms with Crippen LogP contribution in [0.5, 0.6) is 5.75 Å². The number of benzene rings is 2. The largest absolute Gasteiger partial charge is 0.497 e. The lowest BCUT2D eigenvalue weighted by Gasteiger charge is -2.06. The molecule has 0 bridgehead atoms. The maximum absolute atomic E-state index is 12.6. The predicted octanol–water partition coefficient (Wildman–Crippen LogP) is 2.73. The highest BCUT2D eigenvalue weighted by molar-refractivity contribution is 7.89. The summed E-state index contributed by atoms with van der Waals surface area (Å²) in [6.45, 7) is 2.43. The van der Waals surface area contributed by atoms with Gasteiger partial charge in [0, 0.05) is 12.7 Å². The molecule has 7 heteroatoms.